The van der Waals surface area contributed by atoms with E-state index < -0.39 is 23.6 Å². The van der Waals surface area contributed by atoms with Gasteiger partial charge in [0.05, 0.1) is 7.11 Å². The number of hydrogen-bond acceptors (Lipinski definition) is 5. The Morgan fingerprint density at radius 2 is 1.89 bits per heavy atom. The fourth-order valence-corrected chi connectivity index (χ4v) is 6.02. The van der Waals surface area contributed by atoms with Gasteiger partial charge in [-0.1, -0.05) is 41.0 Å². The predicted octanol–water partition coefficient (Wildman–Crippen LogP) is 4.59. The molecule has 0 bridgehead atoms. The number of aliphatic hydroxyl groups excluding tert-OH is 1. The average molecular weight is 391 g/mol. The Labute approximate surface area is 168 Å². The predicted molar refractivity (Wildman–Crippen MR) is 108 cm³/mol. The second-order valence-corrected chi connectivity index (χ2v) is 9.72. The molecule has 1 fully saturated rings. The summed E-state index contributed by atoms with van der Waals surface area (Å²) in [5.41, 5.74) is 1.68. The van der Waals surface area contributed by atoms with Crippen LogP contribution in [0.1, 0.15) is 89.5 Å². The van der Waals surface area contributed by atoms with Gasteiger partial charge in [-0.15, -0.1) is 0 Å². The van der Waals surface area contributed by atoms with E-state index in [9.17, 15) is 15.0 Å². The quantitative estimate of drug-likeness (QED) is 0.739. The molecule has 1 saturated carbocycles. The summed E-state index contributed by atoms with van der Waals surface area (Å²) in [6.45, 7) is 11.9. The molecule has 1 aromatic rings. The van der Waals surface area contributed by atoms with Gasteiger partial charge in [-0.25, -0.2) is 0 Å². The number of rotatable bonds is 3. The third kappa shape index (κ3) is 2.99. The number of fused-ring (bicyclic) bond motifs is 3. The maximum Gasteiger partial charge on any atom is 0.303 e. The van der Waals surface area contributed by atoms with Gasteiger partial charge in [-0.3, -0.25) is 4.79 Å². The van der Waals surface area contributed by atoms with Gasteiger partial charge in [0.1, 0.15) is 12.2 Å². The summed E-state index contributed by atoms with van der Waals surface area (Å²) in [6, 6.07) is 1.93. The van der Waals surface area contributed by atoms with E-state index in [0.717, 1.165) is 30.4 Å². The first-order valence-corrected chi connectivity index (χ1v) is 10.2. The molecule has 0 aromatic heterocycles. The normalized spacial score (nSPS) is 31.1. The van der Waals surface area contributed by atoms with E-state index in [0.29, 0.717) is 11.3 Å². The van der Waals surface area contributed by atoms with E-state index in [-0.39, 0.29) is 23.0 Å². The first-order chi connectivity index (χ1) is 13.0. The Hall–Kier alpha value is -1.75. The maximum atomic E-state index is 11.9. The van der Waals surface area contributed by atoms with Gasteiger partial charge in [0.25, 0.3) is 0 Å². The number of aromatic hydroxyl groups is 1. The number of methoxy groups -OCH3 is 1. The molecule has 28 heavy (non-hydrogen) atoms. The van der Waals surface area contributed by atoms with Gasteiger partial charge >= 0.3 is 5.97 Å². The molecule has 5 nitrogen and oxygen atoms in total. The number of carbonyl (C=O) groups is 1. The molecule has 2 aliphatic rings. The standard InChI is InChI=1S/C23H34O5/c1-12(2)14-11-15-16(18(26)19(14)27-7)23(6)10-8-9-22(4,5)21(23)20(17(15)25)28-13(3)24/h11-12,17,20-21,25-26H,8-10H2,1-7H3. The highest BCUT2D eigenvalue weighted by molar-refractivity contribution is 5.67. The number of phenolic OH excluding ortho intramolecular Hbond substituents is 1. The number of hydrogen-bond donors (Lipinski definition) is 2. The van der Waals surface area contributed by atoms with Crippen molar-refractivity contribution in [3.63, 3.8) is 0 Å². The van der Waals surface area contributed by atoms with E-state index in [1.807, 2.05) is 19.9 Å². The van der Waals surface area contributed by atoms with Gasteiger partial charge in [0.15, 0.2) is 11.5 Å². The van der Waals surface area contributed by atoms with Crippen molar-refractivity contribution in [2.24, 2.45) is 11.3 Å². The number of benzene rings is 1. The van der Waals surface area contributed by atoms with Crippen molar-refractivity contribution in [1.29, 1.82) is 0 Å². The highest BCUT2D eigenvalue weighted by atomic mass is 16.6. The van der Waals surface area contributed by atoms with Gasteiger partial charge in [-0.2, -0.15) is 0 Å². The smallest absolute Gasteiger partial charge is 0.303 e. The SMILES string of the molecule is COc1c(C(C)C)cc2c(c1O)C1(C)CCCC(C)(C)C1C(OC(C)=O)C2O. The molecular weight excluding hydrogens is 356 g/mol. The molecule has 0 amide bonds. The Balaban J connectivity index is 2.34. The maximum absolute atomic E-state index is 11.9. The van der Waals surface area contributed by atoms with E-state index >= 15 is 0 Å². The lowest BCUT2D eigenvalue weighted by molar-refractivity contribution is -0.174. The van der Waals surface area contributed by atoms with Crippen molar-refractivity contribution in [2.75, 3.05) is 7.11 Å². The van der Waals surface area contributed by atoms with E-state index in [1.54, 1.807) is 7.11 Å². The Morgan fingerprint density at radius 3 is 2.43 bits per heavy atom. The molecule has 0 heterocycles. The topological polar surface area (TPSA) is 76.0 Å². The lowest BCUT2D eigenvalue weighted by Crippen LogP contribution is -2.57. The number of esters is 1. The summed E-state index contributed by atoms with van der Waals surface area (Å²) in [7, 11) is 1.57. The summed E-state index contributed by atoms with van der Waals surface area (Å²) < 4.78 is 11.3. The molecule has 4 unspecified atom stereocenters. The zero-order valence-corrected chi connectivity index (χ0v) is 18.1. The Kier molecular flexibility index (Phi) is 5.20. The minimum atomic E-state index is -0.983. The van der Waals surface area contributed by atoms with Crippen molar-refractivity contribution in [2.45, 2.75) is 84.3 Å². The van der Waals surface area contributed by atoms with E-state index in [1.165, 1.54) is 6.92 Å². The van der Waals surface area contributed by atoms with Crippen molar-refractivity contribution >= 4 is 5.97 Å². The third-order valence-corrected chi connectivity index (χ3v) is 7.02. The Morgan fingerprint density at radius 1 is 1.25 bits per heavy atom. The summed E-state index contributed by atoms with van der Waals surface area (Å²) in [5.74, 6) is 0.210. The van der Waals surface area contributed by atoms with Crippen LogP contribution in [0.3, 0.4) is 0 Å². The summed E-state index contributed by atoms with van der Waals surface area (Å²) >= 11 is 0. The summed E-state index contributed by atoms with van der Waals surface area (Å²) in [4.78, 5) is 11.9. The van der Waals surface area contributed by atoms with Crippen LogP contribution in [-0.4, -0.2) is 29.4 Å². The number of carbonyl (C=O) groups excluding carboxylic acids is 1. The number of ether oxygens (including phenoxy) is 2. The van der Waals surface area contributed by atoms with Crippen LogP contribution in [-0.2, 0) is 14.9 Å². The minimum absolute atomic E-state index is 0.110. The Bertz CT molecular complexity index is 782. The van der Waals surface area contributed by atoms with Crippen molar-refractivity contribution in [3.05, 3.63) is 22.8 Å². The molecular formula is C23H34O5. The van der Waals surface area contributed by atoms with Crippen LogP contribution in [0, 0.1) is 11.3 Å². The number of aliphatic hydroxyl groups is 1. The van der Waals surface area contributed by atoms with Crippen LogP contribution >= 0.6 is 0 Å². The average Bonchev–Trinajstić information content (AvgIpc) is 2.56. The monoisotopic (exact) mass is 390 g/mol. The van der Waals surface area contributed by atoms with Crippen LogP contribution < -0.4 is 4.74 Å². The summed E-state index contributed by atoms with van der Waals surface area (Å²) in [5, 5.41) is 22.6. The van der Waals surface area contributed by atoms with Crippen LogP contribution in [0.15, 0.2) is 6.07 Å². The molecule has 0 spiro atoms. The third-order valence-electron chi connectivity index (χ3n) is 7.02. The highest BCUT2D eigenvalue weighted by Crippen LogP contribution is 2.63. The molecule has 156 valence electrons. The fourth-order valence-electron chi connectivity index (χ4n) is 6.02. The second kappa shape index (κ2) is 6.94. The molecule has 0 radical (unpaired) electrons. The second-order valence-electron chi connectivity index (χ2n) is 9.72. The lowest BCUT2D eigenvalue weighted by atomic mass is 9.48. The molecule has 4 atom stereocenters. The largest absolute Gasteiger partial charge is 0.504 e. The molecule has 5 heteroatoms. The molecule has 0 aliphatic heterocycles. The highest BCUT2D eigenvalue weighted by Gasteiger charge is 2.59. The summed E-state index contributed by atoms with van der Waals surface area (Å²) in [6.07, 6.45) is 1.23. The molecule has 1 aromatic carbocycles. The van der Waals surface area contributed by atoms with Crippen molar-refractivity contribution in [1.82, 2.24) is 0 Å². The van der Waals surface area contributed by atoms with Crippen LogP contribution in [0.5, 0.6) is 11.5 Å². The van der Waals surface area contributed by atoms with Crippen LogP contribution in [0.4, 0.5) is 0 Å². The van der Waals surface area contributed by atoms with Gasteiger partial charge in [0, 0.05) is 29.4 Å². The molecule has 2 N–H and O–H groups in total. The van der Waals surface area contributed by atoms with Crippen LogP contribution in [0.25, 0.3) is 0 Å². The zero-order chi connectivity index (χ0) is 21.0. The molecule has 2 aliphatic carbocycles. The van der Waals surface area contributed by atoms with E-state index in [4.69, 9.17) is 9.47 Å². The van der Waals surface area contributed by atoms with Gasteiger partial charge in [-0.05, 0) is 35.8 Å². The van der Waals surface area contributed by atoms with Crippen molar-refractivity contribution < 1.29 is 24.5 Å². The molecule has 3 rings (SSSR count). The minimum Gasteiger partial charge on any atom is -0.504 e. The van der Waals surface area contributed by atoms with Crippen LogP contribution in [0.2, 0.25) is 0 Å². The lowest BCUT2D eigenvalue weighted by Gasteiger charge is -2.57. The van der Waals surface area contributed by atoms with Crippen molar-refractivity contribution in [3.8, 4) is 11.5 Å². The molecule has 0 saturated heterocycles. The first-order valence-electron chi connectivity index (χ1n) is 10.2. The van der Waals surface area contributed by atoms with E-state index in [2.05, 4.69) is 20.8 Å². The van der Waals surface area contributed by atoms with Gasteiger partial charge in [0.2, 0.25) is 0 Å². The first kappa shape index (κ1) is 21.0. The van der Waals surface area contributed by atoms with Gasteiger partial charge < -0.3 is 19.7 Å². The fraction of sp³-hybridized carbons (Fsp3) is 0.696. The number of phenols is 1. The zero-order valence-electron chi connectivity index (χ0n) is 18.1.